The van der Waals surface area contributed by atoms with E-state index < -0.39 is 0 Å². The van der Waals surface area contributed by atoms with Crippen LogP contribution in [0, 0.1) is 11.3 Å². The third-order valence-electron chi connectivity index (χ3n) is 10.7. The van der Waals surface area contributed by atoms with E-state index in [1.54, 1.807) is 0 Å². The highest BCUT2D eigenvalue weighted by molar-refractivity contribution is 6.20. The van der Waals surface area contributed by atoms with E-state index in [1.165, 1.54) is 37.9 Å². The van der Waals surface area contributed by atoms with Crippen molar-refractivity contribution >= 4 is 32.3 Å². The summed E-state index contributed by atoms with van der Waals surface area (Å²) in [5.41, 5.74) is 11.9. The molecule has 10 rings (SSSR count). The molecular formula is C53H33N3. The topological polar surface area (TPSA) is 49.6 Å². The van der Waals surface area contributed by atoms with Gasteiger partial charge in [0.2, 0.25) is 0 Å². The van der Waals surface area contributed by atoms with E-state index in [0.717, 1.165) is 55.9 Å². The summed E-state index contributed by atoms with van der Waals surface area (Å²) in [5.74, 6) is 0.654. The Balaban J connectivity index is 1.18. The largest absolute Gasteiger partial charge is 0.228 e. The second-order valence-electron chi connectivity index (χ2n) is 14.1. The Morgan fingerprint density at radius 3 is 1.79 bits per heavy atom. The second kappa shape index (κ2) is 14.0. The molecule has 1 aromatic heterocycles. The van der Waals surface area contributed by atoms with E-state index in [2.05, 4.69) is 176 Å². The van der Waals surface area contributed by atoms with E-state index in [4.69, 9.17) is 9.97 Å². The van der Waals surface area contributed by atoms with Gasteiger partial charge in [-0.05, 0) is 102 Å². The molecule has 0 bridgehead atoms. The summed E-state index contributed by atoms with van der Waals surface area (Å²) in [6, 6.07) is 72.2. The average molecular weight is 712 g/mol. The lowest BCUT2D eigenvalue weighted by atomic mass is 9.89. The molecule has 0 atom stereocenters. The van der Waals surface area contributed by atoms with Crippen molar-refractivity contribution in [2.24, 2.45) is 0 Å². The van der Waals surface area contributed by atoms with Gasteiger partial charge in [-0.3, -0.25) is 0 Å². The first-order valence-electron chi connectivity index (χ1n) is 18.8. The van der Waals surface area contributed by atoms with Crippen LogP contribution < -0.4 is 0 Å². The molecule has 0 saturated heterocycles. The van der Waals surface area contributed by atoms with Crippen LogP contribution in [0.25, 0.3) is 99.6 Å². The minimum atomic E-state index is 0.638. The Morgan fingerprint density at radius 2 is 0.964 bits per heavy atom. The SMILES string of the molecule is N#Cc1ccc(-c2cccc(-c3cc(-c4ccccc4-c4ccccc4)nc(-c4cccc(-c5c6ccccc6cc6c5ccc5ccccc56)c4)n3)c2)cc1. The molecule has 0 amide bonds. The maximum absolute atomic E-state index is 9.37. The smallest absolute Gasteiger partial charge is 0.160 e. The number of hydrogen-bond acceptors (Lipinski definition) is 3. The maximum Gasteiger partial charge on any atom is 0.160 e. The van der Waals surface area contributed by atoms with E-state index in [1.807, 2.05) is 30.3 Å². The van der Waals surface area contributed by atoms with Crippen LogP contribution in [0.5, 0.6) is 0 Å². The zero-order valence-corrected chi connectivity index (χ0v) is 30.4. The summed E-state index contributed by atoms with van der Waals surface area (Å²) in [7, 11) is 0. The van der Waals surface area contributed by atoms with Crippen molar-refractivity contribution in [3.63, 3.8) is 0 Å². The molecule has 260 valence electrons. The van der Waals surface area contributed by atoms with Crippen LogP contribution in [-0.2, 0) is 0 Å². The highest BCUT2D eigenvalue weighted by atomic mass is 14.9. The van der Waals surface area contributed by atoms with Gasteiger partial charge in [0.1, 0.15) is 0 Å². The van der Waals surface area contributed by atoms with E-state index in [0.29, 0.717) is 11.4 Å². The molecule has 3 heteroatoms. The molecular weight excluding hydrogens is 679 g/mol. The molecule has 0 radical (unpaired) electrons. The summed E-state index contributed by atoms with van der Waals surface area (Å²) in [4.78, 5) is 10.7. The molecule has 56 heavy (non-hydrogen) atoms. The first kappa shape index (κ1) is 32.9. The molecule has 0 aliphatic rings. The summed E-state index contributed by atoms with van der Waals surface area (Å²) in [6.07, 6.45) is 0. The van der Waals surface area contributed by atoms with Gasteiger partial charge >= 0.3 is 0 Å². The third-order valence-corrected chi connectivity index (χ3v) is 10.7. The van der Waals surface area contributed by atoms with Crippen LogP contribution in [0.2, 0.25) is 0 Å². The van der Waals surface area contributed by atoms with Crippen molar-refractivity contribution in [1.82, 2.24) is 9.97 Å². The number of rotatable bonds is 6. The van der Waals surface area contributed by atoms with E-state index in [9.17, 15) is 5.26 Å². The van der Waals surface area contributed by atoms with Crippen molar-refractivity contribution in [3.05, 3.63) is 206 Å². The minimum absolute atomic E-state index is 0.638. The Morgan fingerprint density at radius 1 is 0.339 bits per heavy atom. The molecule has 0 aliphatic carbocycles. The standard InChI is InChI=1S/C53H33N3/c54-34-35-24-26-36(27-25-35)39-16-10-17-41(30-39)50-33-51(47-23-9-8-20-44(47)37-12-2-1-3-13-37)56-53(55-50)43-19-11-18-42(31-43)52-46-22-7-5-15-40(46)32-49-45-21-6-4-14-38(45)28-29-48(49)52/h1-33H. The zero-order chi connectivity index (χ0) is 37.4. The summed E-state index contributed by atoms with van der Waals surface area (Å²) >= 11 is 0. The van der Waals surface area contributed by atoms with Gasteiger partial charge in [0.15, 0.2) is 5.82 Å². The Bertz CT molecular complexity index is 3140. The van der Waals surface area contributed by atoms with Crippen LogP contribution in [0.4, 0.5) is 0 Å². The molecule has 3 nitrogen and oxygen atoms in total. The van der Waals surface area contributed by atoms with E-state index in [-0.39, 0.29) is 0 Å². The van der Waals surface area contributed by atoms with Gasteiger partial charge in [-0.1, -0.05) is 164 Å². The van der Waals surface area contributed by atoms with Crippen molar-refractivity contribution in [3.8, 4) is 73.4 Å². The molecule has 0 spiro atoms. The molecule has 0 unspecified atom stereocenters. The van der Waals surface area contributed by atoms with E-state index >= 15 is 0 Å². The van der Waals surface area contributed by atoms with Crippen LogP contribution in [-0.4, -0.2) is 9.97 Å². The van der Waals surface area contributed by atoms with Gasteiger partial charge < -0.3 is 0 Å². The summed E-state index contributed by atoms with van der Waals surface area (Å²) < 4.78 is 0. The Labute approximate surface area is 325 Å². The van der Waals surface area contributed by atoms with Gasteiger partial charge in [0.05, 0.1) is 23.0 Å². The lowest BCUT2D eigenvalue weighted by molar-refractivity contribution is 1.18. The molecule has 10 aromatic rings. The minimum Gasteiger partial charge on any atom is -0.228 e. The fourth-order valence-corrected chi connectivity index (χ4v) is 7.98. The fourth-order valence-electron chi connectivity index (χ4n) is 7.98. The normalized spacial score (nSPS) is 11.2. The molecule has 0 fully saturated rings. The lowest BCUT2D eigenvalue weighted by Gasteiger charge is -2.16. The third kappa shape index (κ3) is 5.97. The Kier molecular flexibility index (Phi) is 8.21. The van der Waals surface area contributed by atoms with Gasteiger partial charge in [-0.25, -0.2) is 9.97 Å². The van der Waals surface area contributed by atoms with Crippen LogP contribution in [0.3, 0.4) is 0 Å². The first-order chi connectivity index (χ1) is 27.7. The maximum atomic E-state index is 9.37. The van der Waals surface area contributed by atoms with Crippen molar-refractivity contribution in [1.29, 1.82) is 5.26 Å². The number of nitriles is 1. The number of nitrogens with zero attached hydrogens (tertiary/aromatic N) is 3. The number of aromatic nitrogens is 2. The molecule has 9 aromatic carbocycles. The highest BCUT2D eigenvalue weighted by Crippen LogP contribution is 2.41. The predicted molar refractivity (Wildman–Crippen MR) is 232 cm³/mol. The molecule has 0 aliphatic heterocycles. The average Bonchev–Trinajstić information content (AvgIpc) is 3.28. The summed E-state index contributed by atoms with van der Waals surface area (Å²) in [6.45, 7) is 0. The number of hydrogen-bond donors (Lipinski definition) is 0. The van der Waals surface area contributed by atoms with Crippen molar-refractivity contribution in [2.45, 2.75) is 0 Å². The monoisotopic (exact) mass is 711 g/mol. The van der Waals surface area contributed by atoms with Crippen LogP contribution in [0.15, 0.2) is 200 Å². The lowest BCUT2D eigenvalue weighted by Crippen LogP contribution is -1.97. The highest BCUT2D eigenvalue weighted by Gasteiger charge is 2.17. The molecule has 0 N–H and O–H groups in total. The zero-order valence-electron chi connectivity index (χ0n) is 30.4. The van der Waals surface area contributed by atoms with Gasteiger partial charge in [0, 0.05) is 16.7 Å². The number of fused-ring (bicyclic) bond motifs is 4. The van der Waals surface area contributed by atoms with Crippen molar-refractivity contribution < 1.29 is 0 Å². The second-order valence-corrected chi connectivity index (χ2v) is 14.1. The quantitative estimate of drug-likeness (QED) is 0.127. The molecule has 0 saturated carbocycles. The van der Waals surface area contributed by atoms with Crippen molar-refractivity contribution in [2.75, 3.05) is 0 Å². The fraction of sp³-hybridized carbons (Fsp3) is 0. The predicted octanol–water partition coefficient (Wildman–Crippen LogP) is 13.8. The van der Waals surface area contributed by atoms with Crippen LogP contribution >= 0.6 is 0 Å². The molecule has 1 heterocycles. The van der Waals surface area contributed by atoms with Gasteiger partial charge in [0.25, 0.3) is 0 Å². The Hall–Kier alpha value is -7.67. The van der Waals surface area contributed by atoms with Gasteiger partial charge in [-0.15, -0.1) is 0 Å². The van der Waals surface area contributed by atoms with Gasteiger partial charge in [-0.2, -0.15) is 5.26 Å². The number of benzene rings is 9. The summed E-state index contributed by atoms with van der Waals surface area (Å²) in [5, 5.41) is 16.7. The first-order valence-corrected chi connectivity index (χ1v) is 18.8. The van der Waals surface area contributed by atoms with Crippen LogP contribution in [0.1, 0.15) is 5.56 Å².